The molecule has 170 valence electrons. The number of hydrogen-bond acceptors (Lipinski definition) is 6. The minimum atomic E-state index is -4.49. The quantitative estimate of drug-likeness (QED) is 0.726. The lowest BCUT2D eigenvalue weighted by Crippen LogP contribution is -2.41. The van der Waals surface area contributed by atoms with E-state index in [4.69, 9.17) is 9.47 Å². The van der Waals surface area contributed by atoms with E-state index in [1.165, 1.54) is 12.3 Å². The molecule has 9 heteroatoms. The van der Waals surface area contributed by atoms with E-state index in [0.29, 0.717) is 44.5 Å². The van der Waals surface area contributed by atoms with Gasteiger partial charge in [0.25, 0.3) is 0 Å². The lowest BCUT2D eigenvalue weighted by molar-refractivity contribution is -0.0942. The summed E-state index contributed by atoms with van der Waals surface area (Å²) >= 11 is 0. The van der Waals surface area contributed by atoms with Gasteiger partial charge in [0.15, 0.2) is 0 Å². The van der Waals surface area contributed by atoms with Gasteiger partial charge in [-0.2, -0.15) is 13.2 Å². The van der Waals surface area contributed by atoms with Gasteiger partial charge in [-0.05, 0) is 55.3 Å². The first-order chi connectivity index (χ1) is 15.4. The number of aryl methyl sites for hydroxylation is 1. The van der Waals surface area contributed by atoms with E-state index >= 15 is 0 Å². The van der Waals surface area contributed by atoms with Gasteiger partial charge in [0.05, 0.1) is 25.5 Å². The fourth-order valence-electron chi connectivity index (χ4n) is 3.76. The fourth-order valence-corrected chi connectivity index (χ4v) is 3.76. The zero-order valence-electron chi connectivity index (χ0n) is 17.9. The van der Waals surface area contributed by atoms with E-state index in [9.17, 15) is 13.2 Å². The second-order valence-electron chi connectivity index (χ2n) is 7.45. The molecule has 0 unspecified atom stereocenters. The SMILES string of the molecule is CCOc1ncc(-c2cc(N3NC=CC=C3C(F)(F)F)ccc2C)cc1N1CCOCC1. The van der Waals surface area contributed by atoms with Crippen LogP contribution >= 0.6 is 0 Å². The third-order valence-corrected chi connectivity index (χ3v) is 5.34. The first-order valence-corrected chi connectivity index (χ1v) is 10.5. The Morgan fingerprint density at radius 1 is 1.19 bits per heavy atom. The summed E-state index contributed by atoms with van der Waals surface area (Å²) in [4.78, 5) is 6.68. The van der Waals surface area contributed by atoms with Crippen molar-refractivity contribution >= 4 is 11.4 Å². The summed E-state index contributed by atoms with van der Waals surface area (Å²) < 4.78 is 51.8. The Bertz CT molecular complexity index is 1030. The number of ether oxygens (including phenoxy) is 2. The summed E-state index contributed by atoms with van der Waals surface area (Å²) in [5, 5.41) is 1.04. The van der Waals surface area contributed by atoms with E-state index < -0.39 is 11.9 Å². The largest absolute Gasteiger partial charge is 0.476 e. The van der Waals surface area contributed by atoms with Crippen LogP contribution in [0.4, 0.5) is 24.5 Å². The van der Waals surface area contributed by atoms with Crippen LogP contribution < -0.4 is 20.1 Å². The van der Waals surface area contributed by atoms with Gasteiger partial charge >= 0.3 is 6.18 Å². The van der Waals surface area contributed by atoms with Crippen LogP contribution in [0, 0.1) is 6.92 Å². The molecule has 0 aliphatic carbocycles. The molecule has 4 rings (SSSR count). The molecule has 3 heterocycles. The number of allylic oxidation sites excluding steroid dienone is 3. The predicted molar refractivity (Wildman–Crippen MR) is 118 cm³/mol. The van der Waals surface area contributed by atoms with E-state index in [0.717, 1.165) is 33.5 Å². The van der Waals surface area contributed by atoms with Gasteiger partial charge in [-0.15, -0.1) is 0 Å². The number of nitrogens with one attached hydrogen (secondary N) is 1. The number of rotatable bonds is 5. The lowest BCUT2D eigenvalue weighted by Gasteiger charge is -2.31. The fraction of sp³-hybridized carbons (Fsp3) is 0.348. The van der Waals surface area contributed by atoms with Crippen molar-refractivity contribution in [3.8, 4) is 17.0 Å². The number of hydrogen-bond donors (Lipinski definition) is 1. The van der Waals surface area contributed by atoms with Crippen molar-refractivity contribution in [2.24, 2.45) is 0 Å². The molecule has 0 bridgehead atoms. The van der Waals surface area contributed by atoms with Crippen LogP contribution in [-0.4, -0.2) is 44.1 Å². The summed E-state index contributed by atoms with van der Waals surface area (Å²) in [7, 11) is 0. The smallest absolute Gasteiger partial charge is 0.433 e. The summed E-state index contributed by atoms with van der Waals surface area (Å²) in [6, 6.07) is 7.19. The van der Waals surface area contributed by atoms with Crippen molar-refractivity contribution < 1.29 is 22.6 Å². The van der Waals surface area contributed by atoms with E-state index in [1.807, 2.05) is 26.0 Å². The minimum absolute atomic E-state index is 0.375. The predicted octanol–water partition coefficient (Wildman–Crippen LogP) is 4.58. The van der Waals surface area contributed by atoms with E-state index in [1.54, 1.807) is 18.3 Å². The Labute approximate surface area is 184 Å². The van der Waals surface area contributed by atoms with Crippen molar-refractivity contribution in [3.63, 3.8) is 0 Å². The average Bonchev–Trinajstić information content (AvgIpc) is 2.80. The second-order valence-corrected chi connectivity index (χ2v) is 7.45. The first kappa shape index (κ1) is 22.0. The highest BCUT2D eigenvalue weighted by Gasteiger charge is 2.39. The highest BCUT2D eigenvalue weighted by Crippen LogP contribution is 2.37. The van der Waals surface area contributed by atoms with Gasteiger partial charge in [0.1, 0.15) is 11.4 Å². The van der Waals surface area contributed by atoms with Gasteiger partial charge in [-0.25, -0.2) is 4.98 Å². The van der Waals surface area contributed by atoms with Crippen LogP contribution in [0.1, 0.15) is 12.5 Å². The van der Waals surface area contributed by atoms with Gasteiger partial charge in [-0.1, -0.05) is 6.07 Å². The zero-order chi connectivity index (χ0) is 22.7. The molecule has 0 amide bonds. The van der Waals surface area contributed by atoms with Crippen LogP contribution in [-0.2, 0) is 4.74 Å². The van der Waals surface area contributed by atoms with Gasteiger partial charge < -0.3 is 19.8 Å². The summed E-state index contributed by atoms with van der Waals surface area (Å²) in [5.41, 5.74) is 5.66. The standard InChI is InChI=1S/C23H25F3N4O2/c1-3-32-22-20(29-9-11-31-12-10-29)13-17(15-27-22)19-14-18(7-6-16(19)2)30-21(23(24,25)26)5-4-8-28-30/h4-8,13-15,28H,3,9-12H2,1-2H3. The van der Waals surface area contributed by atoms with E-state index in [-0.39, 0.29) is 0 Å². The van der Waals surface area contributed by atoms with Crippen LogP contribution in [0.25, 0.3) is 11.1 Å². The molecule has 2 aliphatic heterocycles. The Morgan fingerprint density at radius 2 is 1.97 bits per heavy atom. The van der Waals surface area contributed by atoms with Gasteiger partial charge in [0, 0.05) is 31.0 Å². The normalized spacial score (nSPS) is 16.6. The molecule has 32 heavy (non-hydrogen) atoms. The molecule has 0 spiro atoms. The molecular formula is C23H25F3N4O2. The maximum absolute atomic E-state index is 13.5. The number of halogens is 3. The highest BCUT2D eigenvalue weighted by atomic mass is 19.4. The molecular weight excluding hydrogens is 421 g/mol. The van der Waals surface area contributed by atoms with Crippen molar-refractivity contribution in [2.75, 3.05) is 42.8 Å². The van der Waals surface area contributed by atoms with Crippen LogP contribution in [0.5, 0.6) is 5.88 Å². The molecule has 2 aliphatic rings. The number of nitrogens with zero attached hydrogens (tertiary/aromatic N) is 3. The minimum Gasteiger partial charge on any atom is -0.476 e. The Kier molecular flexibility index (Phi) is 6.27. The topological polar surface area (TPSA) is 49.9 Å². The maximum Gasteiger partial charge on any atom is 0.433 e. The third kappa shape index (κ3) is 4.52. The maximum atomic E-state index is 13.5. The Hall–Kier alpha value is -3.20. The Balaban J connectivity index is 1.74. The molecule has 1 aromatic carbocycles. The monoisotopic (exact) mass is 446 g/mol. The van der Waals surface area contributed by atoms with Crippen molar-refractivity contribution in [1.82, 2.24) is 10.4 Å². The van der Waals surface area contributed by atoms with Gasteiger partial charge in [-0.3, -0.25) is 5.01 Å². The van der Waals surface area contributed by atoms with Crippen molar-refractivity contribution in [3.05, 3.63) is 60.1 Å². The Morgan fingerprint density at radius 3 is 2.69 bits per heavy atom. The van der Waals surface area contributed by atoms with Crippen molar-refractivity contribution in [2.45, 2.75) is 20.0 Å². The van der Waals surface area contributed by atoms with Gasteiger partial charge in [0.2, 0.25) is 5.88 Å². The molecule has 1 N–H and O–H groups in total. The van der Waals surface area contributed by atoms with Crippen LogP contribution in [0.3, 0.4) is 0 Å². The average molecular weight is 446 g/mol. The number of alkyl halides is 3. The number of benzene rings is 1. The molecule has 0 radical (unpaired) electrons. The highest BCUT2D eigenvalue weighted by molar-refractivity contribution is 5.76. The molecule has 2 aromatic rings. The number of aromatic nitrogens is 1. The number of anilines is 2. The lowest BCUT2D eigenvalue weighted by atomic mass is 10.0. The first-order valence-electron chi connectivity index (χ1n) is 10.5. The third-order valence-electron chi connectivity index (χ3n) is 5.34. The summed E-state index contributed by atoms with van der Waals surface area (Å²) in [6.45, 7) is 6.98. The van der Waals surface area contributed by atoms with Crippen molar-refractivity contribution in [1.29, 1.82) is 0 Å². The molecule has 1 aromatic heterocycles. The molecule has 1 saturated heterocycles. The van der Waals surface area contributed by atoms with E-state index in [2.05, 4.69) is 15.3 Å². The molecule has 6 nitrogen and oxygen atoms in total. The zero-order valence-corrected chi connectivity index (χ0v) is 17.9. The molecule has 0 atom stereocenters. The number of morpholine rings is 1. The number of hydrazine groups is 1. The number of pyridine rings is 1. The van der Waals surface area contributed by atoms with Crippen LogP contribution in [0.2, 0.25) is 0 Å². The second kappa shape index (κ2) is 9.12. The molecule has 1 fully saturated rings. The summed E-state index contributed by atoms with van der Waals surface area (Å²) in [6.07, 6.45) is 1.05. The summed E-state index contributed by atoms with van der Waals surface area (Å²) in [5.74, 6) is 0.539. The van der Waals surface area contributed by atoms with Crippen LogP contribution in [0.15, 0.2) is 54.5 Å². The molecule has 0 saturated carbocycles.